The number of nitrogens with one attached hydrogen (secondary N) is 2. The molecule has 0 saturated carbocycles. The Morgan fingerprint density at radius 1 is 0.829 bits per heavy atom. The summed E-state index contributed by atoms with van der Waals surface area (Å²) in [5.41, 5.74) is 2.86. The van der Waals surface area contributed by atoms with Crippen LogP contribution in [0.2, 0.25) is 0 Å². The first-order valence-corrected chi connectivity index (χ1v) is 11.1. The maximum Gasteiger partial charge on any atom is 0.256 e. The minimum Gasteiger partial charge on any atom is -0.323 e. The lowest BCUT2D eigenvalue weighted by Gasteiger charge is -2.23. The Morgan fingerprint density at radius 3 is 2.26 bits per heavy atom. The molecule has 172 valence electrons. The Bertz CT molecular complexity index is 1510. The highest BCUT2D eigenvalue weighted by Gasteiger charge is 2.28. The zero-order valence-electron chi connectivity index (χ0n) is 18.9. The number of Topliss-reactive ketones (excluding diaryl/α,β-unsaturated/α-hetero) is 1. The summed E-state index contributed by atoms with van der Waals surface area (Å²) in [7, 11) is 0. The molecule has 7 nitrogen and oxygen atoms in total. The highest BCUT2D eigenvalue weighted by Crippen LogP contribution is 2.40. The van der Waals surface area contributed by atoms with Crippen LogP contribution in [0.15, 0.2) is 84.9 Å². The minimum atomic E-state index is -0.402. The van der Waals surface area contributed by atoms with E-state index in [-0.39, 0.29) is 29.6 Å². The van der Waals surface area contributed by atoms with Gasteiger partial charge in [0.25, 0.3) is 5.91 Å². The third-order valence-corrected chi connectivity index (χ3v) is 5.91. The monoisotopic (exact) mass is 463 g/mol. The van der Waals surface area contributed by atoms with Gasteiger partial charge in [-0.05, 0) is 48.7 Å². The summed E-state index contributed by atoms with van der Waals surface area (Å²) in [4.78, 5) is 51.6. The van der Waals surface area contributed by atoms with Crippen LogP contribution in [0.1, 0.15) is 34.1 Å². The third kappa shape index (κ3) is 4.15. The minimum absolute atomic E-state index is 0.194. The highest BCUT2D eigenvalue weighted by atomic mass is 16.2. The van der Waals surface area contributed by atoms with Crippen molar-refractivity contribution in [1.82, 2.24) is 0 Å². The first-order valence-electron chi connectivity index (χ1n) is 11.1. The molecule has 0 spiro atoms. The van der Waals surface area contributed by atoms with E-state index in [9.17, 15) is 19.2 Å². The summed E-state index contributed by atoms with van der Waals surface area (Å²) in [6.07, 6.45) is -0.288. The van der Waals surface area contributed by atoms with E-state index in [0.29, 0.717) is 28.3 Å². The van der Waals surface area contributed by atoms with Gasteiger partial charge in [-0.3, -0.25) is 24.1 Å². The fraction of sp³-hybridized carbons (Fsp3) is 0.0714. The number of anilines is 4. The first kappa shape index (κ1) is 22.0. The summed E-state index contributed by atoms with van der Waals surface area (Å²) in [6, 6.07) is 24.8. The largest absolute Gasteiger partial charge is 0.323 e. The number of hydrogen-bond acceptors (Lipinski definition) is 4. The predicted molar refractivity (Wildman–Crippen MR) is 135 cm³/mol. The van der Waals surface area contributed by atoms with Crippen LogP contribution in [0.25, 0.3) is 10.8 Å². The van der Waals surface area contributed by atoms with Crippen LogP contribution < -0.4 is 15.5 Å². The molecule has 0 saturated heterocycles. The number of fused-ring (bicyclic) bond motifs is 3. The zero-order chi connectivity index (χ0) is 24.5. The maximum atomic E-state index is 13.0. The lowest BCUT2D eigenvalue weighted by atomic mass is 10.0. The number of ketones is 1. The fourth-order valence-electron chi connectivity index (χ4n) is 4.28. The molecular formula is C28H21N3O4. The van der Waals surface area contributed by atoms with Crippen molar-refractivity contribution in [3.8, 4) is 0 Å². The molecule has 1 heterocycles. The quantitative estimate of drug-likeness (QED) is 0.317. The second-order valence-corrected chi connectivity index (χ2v) is 8.24. The van der Waals surface area contributed by atoms with Gasteiger partial charge in [-0.1, -0.05) is 48.5 Å². The number of carbonyl (C=O) groups excluding carboxylic acids is 4. The van der Waals surface area contributed by atoms with Gasteiger partial charge < -0.3 is 10.6 Å². The van der Waals surface area contributed by atoms with Crippen molar-refractivity contribution in [2.45, 2.75) is 13.3 Å². The number of nitrogens with zero attached hydrogens (tertiary/aromatic N) is 1. The molecule has 0 atom stereocenters. The van der Waals surface area contributed by atoms with E-state index in [1.807, 2.05) is 36.4 Å². The predicted octanol–water partition coefficient (Wildman–Crippen LogP) is 5.30. The highest BCUT2D eigenvalue weighted by molar-refractivity contribution is 6.21. The van der Waals surface area contributed by atoms with Crippen LogP contribution >= 0.6 is 0 Å². The Morgan fingerprint density at radius 2 is 1.51 bits per heavy atom. The molecule has 0 bridgehead atoms. The molecule has 5 rings (SSSR count). The van der Waals surface area contributed by atoms with Crippen LogP contribution in [0.3, 0.4) is 0 Å². The molecule has 35 heavy (non-hydrogen) atoms. The normalized spacial score (nSPS) is 13.1. The van der Waals surface area contributed by atoms with E-state index >= 15 is 0 Å². The van der Waals surface area contributed by atoms with Crippen LogP contribution in [0, 0.1) is 0 Å². The molecule has 7 heteroatoms. The van der Waals surface area contributed by atoms with Gasteiger partial charge in [0.2, 0.25) is 11.8 Å². The summed E-state index contributed by atoms with van der Waals surface area (Å²) >= 11 is 0. The number of hydrogen-bond donors (Lipinski definition) is 2. The molecule has 2 N–H and O–H groups in total. The van der Waals surface area contributed by atoms with Crippen molar-refractivity contribution < 1.29 is 19.2 Å². The molecule has 0 unspecified atom stereocenters. The molecule has 0 aliphatic carbocycles. The average Bonchev–Trinajstić information content (AvgIpc) is 2.99. The van der Waals surface area contributed by atoms with Crippen molar-refractivity contribution in [3.05, 3.63) is 96.1 Å². The van der Waals surface area contributed by atoms with Gasteiger partial charge in [-0.25, -0.2) is 0 Å². The average molecular weight is 463 g/mol. The lowest BCUT2D eigenvalue weighted by molar-refractivity contribution is -0.124. The molecule has 0 aromatic heterocycles. The number of carbonyl (C=O) groups is 4. The van der Waals surface area contributed by atoms with Crippen molar-refractivity contribution in [2.75, 3.05) is 15.5 Å². The molecule has 1 aliphatic rings. The lowest BCUT2D eigenvalue weighted by Crippen LogP contribution is -2.26. The van der Waals surface area contributed by atoms with Gasteiger partial charge in [0.05, 0.1) is 16.9 Å². The molecular weight excluding hydrogens is 442 g/mol. The Labute approximate surface area is 201 Å². The van der Waals surface area contributed by atoms with Crippen molar-refractivity contribution in [3.63, 3.8) is 0 Å². The van der Waals surface area contributed by atoms with E-state index in [0.717, 1.165) is 10.8 Å². The van der Waals surface area contributed by atoms with E-state index in [4.69, 9.17) is 0 Å². The van der Waals surface area contributed by atoms with Gasteiger partial charge in [0, 0.05) is 22.3 Å². The van der Waals surface area contributed by atoms with Gasteiger partial charge in [-0.15, -0.1) is 0 Å². The van der Waals surface area contributed by atoms with E-state index in [1.54, 1.807) is 48.5 Å². The van der Waals surface area contributed by atoms with Gasteiger partial charge in [0.1, 0.15) is 6.42 Å². The molecule has 0 radical (unpaired) electrons. The number of benzene rings is 4. The van der Waals surface area contributed by atoms with Gasteiger partial charge >= 0.3 is 0 Å². The van der Waals surface area contributed by atoms with E-state index in [2.05, 4.69) is 10.6 Å². The first-order chi connectivity index (χ1) is 16.9. The molecule has 4 aromatic carbocycles. The fourth-order valence-corrected chi connectivity index (χ4v) is 4.28. The molecule has 1 aliphatic heterocycles. The number of rotatable bonds is 4. The Balaban J connectivity index is 1.48. The van der Waals surface area contributed by atoms with Gasteiger partial charge in [0.15, 0.2) is 5.78 Å². The standard InChI is InChI=1S/C28H21N3O4/c1-17(32)21-7-4-5-9-23(21)28(35)29-19-11-13-20(14-12-19)31-24-15-10-18-6-2-3-8-22(18)27(24)30-25(33)16-26(31)34/h2-15H,16H2,1H3,(H,29,35)(H,30,33). The second kappa shape index (κ2) is 8.87. The van der Waals surface area contributed by atoms with Crippen LogP contribution in [-0.4, -0.2) is 23.5 Å². The second-order valence-electron chi connectivity index (χ2n) is 8.24. The van der Waals surface area contributed by atoms with Crippen LogP contribution in [0.5, 0.6) is 0 Å². The number of amides is 3. The zero-order valence-corrected chi connectivity index (χ0v) is 18.9. The van der Waals surface area contributed by atoms with Crippen molar-refractivity contribution in [2.24, 2.45) is 0 Å². The topological polar surface area (TPSA) is 95.6 Å². The van der Waals surface area contributed by atoms with Crippen LogP contribution in [-0.2, 0) is 9.59 Å². The van der Waals surface area contributed by atoms with Crippen molar-refractivity contribution >= 4 is 57.0 Å². The van der Waals surface area contributed by atoms with E-state index in [1.165, 1.54) is 11.8 Å². The summed E-state index contributed by atoms with van der Waals surface area (Å²) in [5.74, 6) is -1.33. The van der Waals surface area contributed by atoms with Crippen LogP contribution in [0.4, 0.5) is 22.7 Å². The SMILES string of the molecule is CC(=O)c1ccccc1C(=O)Nc1ccc(N2C(=O)CC(=O)Nc3c2ccc2ccccc32)cc1. The van der Waals surface area contributed by atoms with Crippen molar-refractivity contribution in [1.29, 1.82) is 0 Å². The Kier molecular flexibility index (Phi) is 5.58. The molecule has 0 fully saturated rings. The maximum absolute atomic E-state index is 13.0. The Hall–Kier alpha value is -4.78. The summed E-state index contributed by atoms with van der Waals surface area (Å²) in [5, 5.41) is 7.46. The smallest absolute Gasteiger partial charge is 0.256 e. The van der Waals surface area contributed by atoms with E-state index < -0.39 is 5.91 Å². The summed E-state index contributed by atoms with van der Waals surface area (Å²) < 4.78 is 0. The molecule has 3 amide bonds. The van der Waals surface area contributed by atoms with Gasteiger partial charge in [-0.2, -0.15) is 0 Å². The third-order valence-electron chi connectivity index (χ3n) is 5.91. The molecule has 4 aromatic rings. The summed E-state index contributed by atoms with van der Waals surface area (Å²) in [6.45, 7) is 1.42.